The highest BCUT2D eigenvalue weighted by Gasteiger charge is 2.29. The van der Waals surface area contributed by atoms with E-state index >= 15 is 0 Å². The zero-order valence-corrected chi connectivity index (χ0v) is 12.4. The van der Waals surface area contributed by atoms with Crippen LogP contribution in [0.3, 0.4) is 0 Å². The van der Waals surface area contributed by atoms with Crippen molar-refractivity contribution in [3.8, 4) is 0 Å². The van der Waals surface area contributed by atoms with Crippen LogP contribution < -0.4 is 5.73 Å². The van der Waals surface area contributed by atoms with E-state index in [0.29, 0.717) is 22.0 Å². The molecule has 1 heterocycles. The van der Waals surface area contributed by atoms with E-state index in [1.807, 2.05) is 12.1 Å². The summed E-state index contributed by atoms with van der Waals surface area (Å²) in [5, 5.41) is 1.31. The van der Waals surface area contributed by atoms with E-state index in [0.717, 1.165) is 18.7 Å². The van der Waals surface area contributed by atoms with Gasteiger partial charge < -0.3 is 5.73 Å². The number of rotatable bonds is 3. The van der Waals surface area contributed by atoms with Crippen LogP contribution in [-0.4, -0.2) is 24.0 Å². The molecule has 18 heavy (non-hydrogen) atoms. The molecule has 1 saturated heterocycles. The van der Waals surface area contributed by atoms with Crippen LogP contribution in [0.1, 0.15) is 31.9 Å². The summed E-state index contributed by atoms with van der Waals surface area (Å²) in [5.41, 5.74) is 7.08. The Bertz CT molecular complexity index is 420. The zero-order valence-electron chi connectivity index (χ0n) is 10.9. The third-order valence-electron chi connectivity index (χ3n) is 3.98. The maximum atomic E-state index is 6.28. The second kappa shape index (κ2) is 5.79. The molecule has 1 aliphatic heterocycles. The normalized spacial score (nSPS) is 24.2. The topological polar surface area (TPSA) is 29.3 Å². The lowest BCUT2D eigenvalue weighted by Gasteiger charge is -2.26. The number of halogens is 2. The van der Waals surface area contributed by atoms with Gasteiger partial charge in [0.25, 0.3) is 0 Å². The van der Waals surface area contributed by atoms with Crippen LogP contribution in [0.4, 0.5) is 0 Å². The molecule has 4 heteroatoms. The van der Waals surface area contributed by atoms with Crippen molar-refractivity contribution in [3.05, 3.63) is 33.8 Å². The fourth-order valence-corrected chi connectivity index (χ4v) is 3.10. The molecule has 0 aromatic heterocycles. The van der Waals surface area contributed by atoms with Crippen molar-refractivity contribution in [1.82, 2.24) is 4.90 Å². The van der Waals surface area contributed by atoms with Gasteiger partial charge in [0.2, 0.25) is 0 Å². The minimum absolute atomic E-state index is 0.261. The van der Waals surface area contributed by atoms with Crippen LogP contribution in [0.5, 0.6) is 0 Å². The summed E-state index contributed by atoms with van der Waals surface area (Å²) < 4.78 is 0. The van der Waals surface area contributed by atoms with E-state index in [4.69, 9.17) is 28.9 Å². The summed E-state index contributed by atoms with van der Waals surface area (Å²) in [7, 11) is 0. The van der Waals surface area contributed by atoms with Gasteiger partial charge in [-0.2, -0.15) is 0 Å². The molecule has 0 bridgehead atoms. The Hall–Kier alpha value is -0.280. The number of benzene rings is 1. The Labute approximate surface area is 119 Å². The third kappa shape index (κ3) is 2.83. The maximum absolute atomic E-state index is 6.28. The molecule has 0 radical (unpaired) electrons. The predicted octanol–water partition coefficient (Wildman–Crippen LogP) is 3.72. The first kappa shape index (κ1) is 14.1. The van der Waals surface area contributed by atoms with Crippen LogP contribution in [-0.2, 0) is 0 Å². The molecule has 1 fully saturated rings. The van der Waals surface area contributed by atoms with Crippen molar-refractivity contribution in [2.45, 2.75) is 32.4 Å². The SMILES string of the molecule is CC(N)C1CCN(C(C)c2cccc(Cl)c2Cl)C1. The number of likely N-dealkylation sites (tertiary alicyclic amines) is 1. The zero-order chi connectivity index (χ0) is 13.3. The van der Waals surface area contributed by atoms with Crippen LogP contribution in [0, 0.1) is 5.92 Å². The number of hydrogen-bond acceptors (Lipinski definition) is 2. The summed E-state index contributed by atoms with van der Waals surface area (Å²) in [6.07, 6.45) is 1.17. The average molecular weight is 287 g/mol. The second-order valence-electron chi connectivity index (χ2n) is 5.22. The van der Waals surface area contributed by atoms with Gasteiger partial charge in [-0.1, -0.05) is 35.3 Å². The van der Waals surface area contributed by atoms with Gasteiger partial charge in [0.05, 0.1) is 10.0 Å². The predicted molar refractivity (Wildman–Crippen MR) is 78.2 cm³/mol. The number of nitrogens with two attached hydrogens (primary N) is 1. The van der Waals surface area contributed by atoms with Gasteiger partial charge >= 0.3 is 0 Å². The van der Waals surface area contributed by atoms with Crippen molar-refractivity contribution in [1.29, 1.82) is 0 Å². The van der Waals surface area contributed by atoms with Gasteiger partial charge in [0.1, 0.15) is 0 Å². The van der Waals surface area contributed by atoms with Gasteiger partial charge in [-0.3, -0.25) is 4.90 Å². The molecule has 0 aliphatic carbocycles. The van der Waals surface area contributed by atoms with Crippen LogP contribution >= 0.6 is 23.2 Å². The standard InChI is InChI=1S/C14H20Cl2N2/c1-9(17)11-6-7-18(8-11)10(2)12-4-3-5-13(15)14(12)16/h3-5,9-11H,6-8,17H2,1-2H3. The summed E-state index contributed by atoms with van der Waals surface area (Å²) >= 11 is 12.4. The summed E-state index contributed by atoms with van der Waals surface area (Å²) in [6.45, 7) is 6.39. The molecule has 1 aliphatic rings. The molecule has 2 nitrogen and oxygen atoms in total. The fraction of sp³-hybridized carbons (Fsp3) is 0.571. The summed E-state index contributed by atoms with van der Waals surface area (Å²) in [6, 6.07) is 6.39. The van der Waals surface area contributed by atoms with Gasteiger partial charge in [-0.25, -0.2) is 0 Å². The quantitative estimate of drug-likeness (QED) is 0.918. The number of hydrogen-bond donors (Lipinski definition) is 1. The Kier molecular flexibility index (Phi) is 4.54. The third-order valence-corrected chi connectivity index (χ3v) is 4.81. The molecular formula is C14H20Cl2N2. The van der Waals surface area contributed by atoms with Crippen molar-refractivity contribution in [2.24, 2.45) is 11.7 Å². The molecule has 100 valence electrons. The molecular weight excluding hydrogens is 267 g/mol. The van der Waals surface area contributed by atoms with E-state index in [1.165, 1.54) is 6.42 Å². The monoisotopic (exact) mass is 286 g/mol. The average Bonchev–Trinajstić information content (AvgIpc) is 2.81. The maximum Gasteiger partial charge on any atom is 0.0640 e. The Morgan fingerprint density at radius 3 is 2.67 bits per heavy atom. The lowest BCUT2D eigenvalue weighted by atomic mass is 10.0. The Morgan fingerprint density at radius 2 is 2.06 bits per heavy atom. The molecule has 0 saturated carbocycles. The van der Waals surface area contributed by atoms with Crippen molar-refractivity contribution in [3.63, 3.8) is 0 Å². The van der Waals surface area contributed by atoms with E-state index in [1.54, 1.807) is 0 Å². The largest absolute Gasteiger partial charge is 0.328 e. The highest BCUT2D eigenvalue weighted by Crippen LogP contribution is 2.35. The molecule has 2 rings (SSSR count). The van der Waals surface area contributed by atoms with Gasteiger partial charge in [0.15, 0.2) is 0 Å². The highest BCUT2D eigenvalue weighted by atomic mass is 35.5. The van der Waals surface area contributed by atoms with Crippen molar-refractivity contribution >= 4 is 23.2 Å². The first-order chi connectivity index (χ1) is 8.50. The summed E-state index contributed by atoms with van der Waals surface area (Å²) in [4.78, 5) is 2.44. The lowest BCUT2D eigenvalue weighted by molar-refractivity contribution is 0.248. The number of nitrogens with zero attached hydrogens (tertiary/aromatic N) is 1. The highest BCUT2D eigenvalue weighted by molar-refractivity contribution is 6.42. The van der Waals surface area contributed by atoms with Gasteiger partial charge in [0, 0.05) is 18.6 Å². The molecule has 0 spiro atoms. The first-order valence-electron chi connectivity index (χ1n) is 6.44. The lowest BCUT2D eigenvalue weighted by Crippen LogP contribution is -2.31. The summed E-state index contributed by atoms with van der Waals surface area (Å²) in [5.74, 6) is 0.588. The van der Waals surface area contributed by atoms with Gasteiger partial charge in [-0.15, -0.1) is 0 Å². The van der Waals surface area contributed by atoms with Crippen LogP contribution in [0.25, 0.3) is 0 Å². The minimum atomic E-state index is 0.261. The Morgan fingerprint density at radius 1 is 1.33 bits per heavy atom. The Balaban J connectivity index is 2.13. The van der Waals surface area contributed by atoms with E-state index in [-0.39, 0.29) is 6.04 Å². The van der Waals surface area contributed by atoms with Crippen LogP contribution in [0.15, 0.2) is 18.2 Å². The molecule has 3 unspecified atom stereocenters. The van der Waals surface area contributed by atoms with E-state index in [2.05, 4.69) is 24.8 Å². The molecule has 1 aromatic carbocycles. The van der Waals surface area contributed by atoms with Crippen LogP contribution in [0.2, 0.25) is 10.0 Å². The molecule has 1 aromatic rings. The minimum Gasteiger partial charge on any atom is -0.328 e. The molecule has 3 atom stereocenters. The fourth-order valence-electron chi connectivity index (χ4n) is 2.64. The second-order valence-corrected chi connectivity index (χ2v) is 6.01. The van der Waals surface area contributed by atoms with Gasteiger partial charge in [-0.05, 0) is 44.4 Å². The first-order valence-corrected chi connectivity index (χ1v) is 7.20. The molecule has 0 amide bonds. The molecule has 2 N–H and O–H groups in total. The van der Waals surface area contributed by atoms with E-state index in [9.17, 15) is 0 Å². The smallest absolute Gasteiger partial charge is 0.0640 e. The van der Waals surface area contributed by atoms with Crippen molar-refractivity contribution < 1.29 is 0 Å². The van der Waals surface area contributed by atoms with Crippen molar-refractivity contribution in [2.75, 3.05) is 13.1 Å². The van der Waals surface area contributed by atoms with E-state index < -0.39 is 0 Å².